The lowest BCUT2D eigenvalue weighted by atomic mass is 9.97. The van der Waals surface area contributed by atoms with Crippen LogP contribution in [-0.2, 0) is 47.9 Å². The predicted octanol–water partition coefficient (Wildman–Crippen LogP) is -4.20. The number of carboxylic acids is 2. The summed E-state index contributed by atoms with van der Waals surface area (Å²) in [6.07, 6.45) is -1.24. The van der Waals surface area contributed by atoms with Gasteiger partial charge in [0.1, 0.15) is 48.3 Å². The van der Waals surface area contributed by atoms with E-state index >= 15 is 0 Å². The van der Waals surface area contributed by atoms with Gasteiger partial charge in [-0.1, -0.05) is 34.1 Å². The summed E-state index contributed by atoms with van der Waals surface area (Å²) in [5.41, 5.74) is 11.0. The fraction of sp³-hybridized carbons (Fsp3) is 0.744. The summed E-state index contributed by atoms with van der Waals surface area (Å²) in [4.78, 5) is 128. The number of carbonyl (C=O) groups excluding carboxylic acids is 8. The maximum Gasteiger partial charge on any atom is 0.326 e. The highest BCUT2D eigenvalue weighted by Crippen LogP contribution is 2.11. The van der Waals surface area contributed by atoms with E-state index in [1.165, 1.54) is 27.7 Å². The summed E-state index contributed by atoms with van der Waals surface area (Å²) in [5.74, 6) is -10.7. The lowest BCUT2D eigenvalue weighted by Crippen LogP contribution is -2.62. The summed E-state index contributed by atoms with van der Waals surface area (Å²) in [5, 5.41) is 58.0. The summed E-state index contributed by atoms with van der Waals surface area (Å²) < 4.78 is 0. The van der Waals surface area contributed by atoms with Crippen LogP contribution in [0.5, 0.6) is 0 Å². The topological polar surface area (TPSA) is 400 Å². The van der Waals surface area contributed by atoms with E-state index in [2.05, 4.69) is 42.5 Å². The van der Waals surface area contributed by atoms with Crippen LogP contribution in [0.4, 0.5) is 0 Å². The first-order valence-corrected chi connectivity index (χ1v) is 20.9. The zero-order chi connectivity index (χ0) is 48.7. The van der Waals surface area contributed by atoms with Crippen molar-refractivity contribution in [2.45, 2.75) is 161 Å². The van der Waals surface area contributed by atoms with Gasteiger partial charge in [-0.3, -0.25) is 43.2 Å². The molecule has 0 fully saturated rings. The highest BCUT2D eigenvalue weighted by Gasteiger charge is 2.36. The summed E-state index contributed by atoms with van der Waals surface area (Å²) >= 11 is 0. The van der Waals surface area contributed by atoms with Crippen molar-refractivity contribution in [2.24, 2.45) is 23.3 Å². The van der Waals surface area contributed by atoms with Crippen molar-refractivity contribution in [3.63, 3.8) is 0 Å². The third kappa shape index (κ3) is 21.5. The van der Waals surface area contributed by atoms with Crippen LogP contribution >= 0.6 is 0 Å². The van der Waals surface area contributed by atoms with Gasteiger partial charge < -0.3 is 74.4 Å². The Labute approximate surface area is 366 Å². The molecule has 0 spiro atoms. The molecule has 0 saturated carbocycles. The molecule has 0 rings (SSSR count). The first-order chi connectivity index (χ1) is 29.3. The second-order valence-electron chi connectivity index (χ2n) is 16.0. The van der Waals surface area contributed by atoms with Crippen molar-refractivity contribution >= 4 is 59.2 Å². The number of unbranched alkanes of at least 4 members (excludes halogenated alkanes) is 1. The first-order valence-electron chi connectivity index (χ1n) is 20.9. The van der Waals surface area contributed by atoms with E-state index in [0.29, 0.717) is 25.8 Å². The van der Waals surface area contributed by atoms with E-state index in [0.717, 1.165) is 0 Å². The number of carboxylic acid groups (broad SMARTS) is 2. The zero-order valence-electron chi connectivity index (χ0n) is 37.3. The van der Waals surface area contributed by atoms with Gasteiger partial charge in [0.05, 0.1) is 18.8 Å². The Morgan fingerprint density at radius 1 is 0.540 bits per heavy atom. The minimum atomic E-state index is -1.68. The van der Waals surface area contributed by atoms with Crippen molar-refractivity contribution in [3.05, 3.63) is 0 Å². The van der Waals surface area contributed by atoms with Crippen molar-refractivity contribution in [2.75, 3.05) is 13.2 Å². The van der Waals surface area contributed by atoms with Crippen molar-refractivity contribution < 1.29 is 68.4 Å². The normalized spacial score (nSPS) is 16.4. The molecule has 0 aromatic carbocycles. The SMILES string of the molecule is CC[C@H](C)[C@H](NC(=O)[C@H](CO)NC(=O)[C@H](C)N)C(=O)N[C@H](C(=O)N[C@@H](C)C(=O)N[C@@H](CC(C)C)C(=O)N[C@@H](CCC(=O)O)C(=O)N[C@@H](C)C(=O)N[C@@H](CCCCN)C(=O)O)[C@@H](C)O. The Morgan fingerprint density at radius 3 is 1.46 bits per heavy atom. The molecule has 0 radical (unpaired) electrons. The summed E-state index contributed by atoms with van der Waals surface area (Å²) in [7, 11) is 0. The molecule has 24 nitrogen and oxygen atoms in total. The molecule has 24 heteroatoms. The van der Waals surface area contributed by atoms with Crippen LogP contribution in [0.15, 0.2) is 0 Å². The summed E-state index contributed by atoms with van der Waals surface area (Å²) in [6.45, 7) is 11.3. The lowest BCUT2D eigenvalue weighted by molar-refractivity contribution is -0.142. The van der Waals surface area contributed by atoms with Gasteiger partial charge in [-0.25, -0.2) is 4.79 Å². The van der Waals surface area contributed by atoms with E-state index < -0.39 is 145 Å². The Kier molecular flexibility index (Phi) is 26.5. The van der Waals surface area contributed by atoms with Gasteiger partial charge in [-0.05, 0) is 78.2 Å². The Hall–Kier alpha value is -5.46. The molecule has 0 bridgehead atoms. The molecule has 0 aromatic rings. The molecular formula is C39H70N10O14. The van der Waals surface area contributed by atoms with Crippen molar-refractivity contribution in [1.82, 2.24) is 42.5 Å². The van der Waals surface area contributed by atoms with Gasteiger partial charge in [-0.2, -0.15) is 0 Å². The number of nitrogens with two attached hydrogens (primary N) is 2. The van der Waals surface area contributed by atoms with E-state index in [9.17, 15) is 68.4 Å². The van der Waals surface area contributed by atoms with Gasteiger partial charge in [0.25, 0.3) is 0 Å². The number of aliphatic hydroxyl groups excluding tert-OH is 2. The van der Waals surface area contributed by atoms with E-state index in [-0.39, 0.29) is 18.8 Å². The molecule has 0 saturated heterocycles. The largest absolute Gasteiger partial charge is 0.481 e. The second-order valence-corrected chi connectivity index (χ2v) is 16.0. The number of nitrogens with one attached hydrogen (secondary N) is 8. The molecule has 0 aliphatic rings. The summed E-state index contributed by atoms with van der Waals surface area (Å²) in [6, 6.07) is -12.4. The third-order valence-electron chi connectivity index (χ3n) is 9.77. The number of aliphatic hydroxyl groups is 2. The minimum Gasteiger partial charge on any atom is -0.481 e. The zero-order valence-corrected chi connectivity index (χ0v) is 37.3. The molecule has 0 aliphatic carbocycles. The molecule has 0 unspecified atom stereocenters. The Bertz CT molecular complexity index is 1580. The van der Waals surface area contributed by atoms with Gasteiger partial charge in [0.15, 0.2) is 0 Å². The highest BCUT2D eigenvalue weighted by atomic mass is 16.4. The molecule has 16 N–H and O–H groups in total. The second kappa shape index (κ2) is 29.0. The van der Waals surface area contributed by atoms with Crippen LogP contribution in [0, 0.1) is 11.8 Å². The fourth-order valence-corrected chi connectivity index (χ4v) is 5.71. The first kappa shape index (κ1) is 57.5. The maximum absolute atomic E-state index is 13.6. The molecule has 0 aliphatic heterocycles. The molecule has 0 aromatic heterocycles. The van der Waals surface area contributed by atoms with Gasteiger partial charge in [0.2, 0.25) is 47.3 Å². The third-order valence-corrected chi connectivity index (χ3v) is 9.77. The minimum absolute atomic E-state index is 0.00774. The van der Waals surface area contributed by atoms with Crippen LogP contribution in [0.3, 0.4) is 0 Å². The van der Waals surface area contributed by atoms with Crippen LogP contribution in [0.25, 0.3) is 0 Å². The van der Waals surface area contributed by atoms with Crippen molar-refractivity contribution in [3.8, 4) is 0 Å². The molecule has 63 heavy (non-hydrogen) atoms. The average molecular weight is 903 g/mol. The smallest absolute Gasteiger partial charge is 0.326 e. The molecule has 8 amide bonds. The Balaban J connectivity index is 6.05. The predicted molar refractivity (Wildman–Crippen MR) is 226 cm³/mol. The molecule has 360 valence electrons. The van der Waals surface area contributed by atoms with Gasteiger partial charge in [0, 0.05) is 6.42 Å². The highest BCUT2D eigenvalue weighted by molar-refractivity contribution is 5.98. The van der Waals surface area contributed by atoms with E-state index in [4.69, 9.17) is 11.5 Å². The van der Waals surface area contributed by atoms with Crippen LogP contribution < -0.4 is 54.0 Å². The molecule has 11 atom stereocenters. The molecular weight excluding hydrogens is 832 g/mol. The lowest BCUT2D eigenvalue weighted by Gasteiger charge is -2.29. The number of aliphatic carboxylic acids is 2. The maximum atomic E-state index is 13.6. The average Bonchev–Trinajstić information content (AvgIpc) is 3.20. The Morgan fingerprint density at radius 2 is 1.00 bits per heavy atom. The number of hydrogen-bond donors (Lipinski definition) is 14. The number of amides is 8. The van der Waals surface area contributed by atoms with Crippen molar-refractivity contribution in [1.29, 1.82) is 0 Å². The van der Waals surface area contributed by atoms with Crippen LogP contribution in [0.2, 0.25) is 0 Å². The van der Waals surface area contributed by atoms with E-state index in [1.807, 2.05) is 0 Å². The van der Waals surface area contributed by atoms with E-state index in [1.54, 1.807) is 27.7 Å². The van der Waals surface area contributed by atoms with Crippen LogP contribution in [0.1, 0.15) is 100 Å². The standard InChI is InChI=1S/C39H70N10O14/c1-9-19(4)29(48-36(59)27(17-50)47-31(54)20(5)41)37(60)49-30(23(8)51)38(61)43-22(7)33(56)46-26(16-18(2)3)35(58)44-24(13-14-28(52)53)34(57)42-21(6)32(55)45-25(39(62)63)12-10-11-15-40/h18-27,29-30,50-51H,9-17,40-41H2,1-8H3,(H,42,57)(H,43,61)(H,44,58)(H,45,55)(H,46,56)(H,47,54)(H,48,59)(H,49,60)(H,52,53)(H,62,63)/t19-,20-,21-,22-,23+,24-,25-,26-,27-,29-,30-/m0/s1. The fourth-order valence-electron chi connectivity index (χ4n) is 5.71. The van der Waals surface area contributed by atoms with Gasteiger partial charge in [-0.15, -0.1) is 0 Å². The monoisotopic (exact) mass is 903 g/mol. The van der Waals surface area contributed by atoms with Gasteiger partial charge >= 0.3 is 11.9 Å². The molecule has 0 heterocycles. The number of carbonyl (C=O) groups is 10. The van der Waals surface area contributed by atoms with Crippen LogP contribution in [-0.4, -0.2) is 153 Å². The number of rotatable bonds is 30. The number of hydrogen-bond acceptors (Lipinski definition) is 14. The quantitative estimate of drug-likeness (QED) is 0.0304.